The van der Waals surface area contributed by atoms with Crippen LogP contribution in [0.2, 0.25) is 0 Å². The Labute approximate surface area is 199 Å². The van der Waals surface area contributed by atoms with Crippen molar-refractivity contribution in [2.75, 3.05) is 6.54 Å². The largest absolute Gasteiger partial charge is 0.489 e. The van der Waals surface area contributed by atoms with Crippen LogP contribution in [-0.4, -0.2) is 12.3 Å². The summed E-state index contributed by atoms with van der Waals surface area (Å²) in [6.07, 6.45) is 4.62. The van der Waals surface area contributed by atoms with Gasteiger partial charge in [0.25, 0.3) is 0 Å². The van der Waals surface area contributed by atoms with Crippen molar-refractivity contribution in [2.45, 2.75) is 66.0 Å². The standard InChI is InChI=1S/C30H37NO2/c1-4-28(32)15-9-6-10-19-31-21-25-17-18-30(23(2)20-25)33-22-27-14-11-16-29(24(27)3)26-12-7-5-8-13-26/h5,7-8,11-14,16-18,20,31H,4,6,9-10,15,19,21-22H2,1-3H3. The zero-order chi connectivity index (χ0) is 23.5. The third kappa shape index (κ3) is 7.57. The van der Waals surface area contributed by atoms with Gasteiger partial charge in [0.2, 0.25) is 0 Å². The second-order valence-corrected chi connectivity index (χ2v) is 8.72. The molecular weight excluding hydrogens is 406 g/mol. The number of ketones is 1. The molecule has 174 valence electrons. The third-order valence-corrected chi connectivity index (χ3v) is 6.19. The van der Waals surface area contributed by atoms with Crippen LogP contribution < -0.4 is 10.1 Å². The Morgan fingerprint density at radius 3 is 2.48 bits per heavy atom. The van der Waals surface area contributed by atoms with Gasteiger partial charge in [0.05, 0.1) is 0 Å². The number of unbranched alkanes of at least 4 members (excludes halogenated alkanes) is 2. The van der Waals surface area contributed by atoms with E-state index in [1.165, 1.54) is 27.8 Å². The van der Waals surface area contributed by atoms with Crippen molar-refractivity contribution in [1.29, 1.82) is 0 Å². The Balaban J connectivity index is 1.48. The normalized spacial score (nSPS) is 10.9. The molecule has 0 unspecified atom stereocenters. The lowest BCUT2D eigenvalue weighted by molar-refractivity contribution is -0.118. The number of rotatable bonds is 13. The summed E-state index contributed by atoms with van der Waals surface area (Å²) >= 11 is 0. The minimum atomic E-state index is 0.375. The van der Waals surface area contributed by atoms with Crippen LogP contribution in [0.1, 0.15) is 61.3 Å². The number of ether oxygens (including phenoxy) is 1. The Bertz CT molecular complexity index is 1030. The number of benzene rings is 3. The van der Waals surface area contributed by atoms with Crippen molar-refractivity contribution >= 4 is 5.78 Å². The molecule has 0 spiro atoms. The van der Waals surface area contributed by atoms with Crippen molar-refractivity contribution in [3.05, 3.63) is 89.0 Å². The summed E-state index contributed by atoms with van der Waals surface area (Å²) in [4.78, 5) is 11.3. The molecule has 3 rings (SSSR count). The fourth-order valence-corrected chi connectivity index (χ4v) is 4.07. The molecule has 0 aliphatic carbocycles. The van der Waals surface area contributed by atoms with Crippen molar-refractivity contribution in [3.8, 4) is 16.9 Å². The predicted molar refractivity (Wildman–Crippen MR) is 138 cm³/mol. The van der Waals surface area contributed by atoms with Crippen molar-refractivity contribution in [2.24, 2.45) is 0 Å². The van der Waals surface area contributed by atoms with Gasteiger partial charge in [-0.05, 0) is 72.7 Å². The number of nitrogens with one attached hydrogen (secondary N) is 1. The predicted octanol–water partition coefficient (Wildman–Crippen LogP) is 7.18. The van der Waals surface area contributed by atoms with Crippen molar-refractivity contribution < 1.29 is 9.53 Å². The molecule has 0 aromatic heterocycles. The summed E-state index contributed by atoms with van der Waals surface area (Å²) in [6.45, 7) is 8.61. The van der Waals surface area contributed by atoms with Crippen LogP contribution in [-0.2, 0) is 17.9 Å². The van der Waals surface area contributed by atoms with E-state index in [1.54, 1.807) is 0 Å². The highest BCUT2D eigenvalue weighted by Crippen LogP contribution is 2.27. The molecule has 0 aliphatic heterocycles. The highest BCUT2D eigenvalue weighted by Gasteiger charge is 2.08. The number of carbonyl (C=O) groups is 1. The summed E-state index contributed by atoms with van der Waals surface area (Å²) in [5.41, 5.74) is 7.39. The SMILES string of the molecule is CCC(=O)CCCCCNCc1ccc(OCc2cccc(-c3ccccc3)c2C)c(C)c1. The Kier molecular flexibility index (Phi) is 9.71. The maximum atomic E-state index is 11.3. The highest BCUT2D eigenvalue weighted by atomic mass is 16.5. The van der Waals surface area contributed by atoms with Gasteiger partial charge in [0, 0.05) is 19.4 Å². The first kappa shape index (κ1) is 24.7. The molecule has 1 N–H and O–H groups in total. The van der Waals surface area contributed by atoms with E-state index in [2.05, 4.69) is 79.8 Å². The van der Waals surface area contributed by atoms with Gasteiger partial charge in [0.1, 0.15) is 18.1 Å². The summed E-state index contributed by atoms with van der Waals surface area (Å²) in [7, 11) is 0. The summed E-state index contributed by atoms with van der Waals surface area (Å²) in [5, 5.41) is 3.51. The van der Waals surface area contributed by atoms with Crippen LogP contribution in [0.5, 0.6) is 5.75 Å². The fourth-order valence-electron chi connectivity index (χ4n) is 4.07. The van der Waals surface area contributed by atoms with Crippen LogP contribution in [0.4, 0.5) is 0 Å². The molecule has 3 aromatic carbocycles. The number of hydrogen-bond acceptors (Lipinski definition) is 3. The summed E-state index contributed by atoms with van der Waals surface area (Å²) in [5.74, 6) is 1.31. The lowest BCUT2D eigenvalue weighted by Crippen LogP contribution is -2.14. The Morgan fingerprint density at radius 2 is 1.73 bits per heavy atom. The van der Waals surface area contributed by atoms with Crippen LogP contribution in [0.25, 0.3) is 11.1 Å². The second-order valence-electron chi connectivity index (χ2n) is 8.72. The minimum absolute atomic E-state index is 0.375. The van der Waals surface area contributed by atoms with Gasteiger partial charge in [-0.1, -0.05) is 74.0 Å². The van der Waals surface area contributed by atoms with Crippen LogP contribution in [0.3, 0.4) is 0 Å². The van der Waals surface area contributed by atoms with Gasteiger partial charge in [-0.2, -0.15) is 0 Å². The molecular formula is C30H37NO2. The smallest absolute Gasteiger partial charge is 0.132 e. The molecule has 0 amide bonds. The molecule has 0 radical (unpaired) electrons. The number of aryl methyl sites for hydroxylation is 1. The molecule has 0 saturated carbocycles. The van der Waals surface area contributed by atoms with E-state index >= 15 is 0 Å². The van der Waals surface area contributed by atoms with Gasteiger partial charge in [-0.3, -0.25) is 4.79 Å². The van der Waals surface area contributed by atoms with E-state index < -0.39 is 0 Å². The second kappa shape index (κ2) is 13.0. The average molecular weight is 444 g/mol. The van der Waals surface area contributed by atoms with E-state index in [0.717, 1.165) is 50.1 Å². The Hall–Kier alpha value is -2.91. The lowest BCUT2D eigenvalue weighted by Gasteiger charge is -2.15. The topological polar surface area (TPSA) is 38.3 Å². The Morgan fingerprint density at radius 1 is 0.909 bits per heavy atom. The zero-order valence-electron chi connectivity index (χ0n) is 20.3. The molecule has 33 heavy (non-hydrogen) atoms. The molecule has 3 aromatic rings. The van der Waals surface area contributed by atoms with Crippen LogP contribution in [0, 0.1) is 13.8 Å². The average Bonchev–Trinajstić information content (AvgIpc) is 2.84. The quantitative estimate of drug-likeness (QED) is 0.284. The molecule has 0 aliphatic rings. The van der Waals surface area contributed by atoms with E-state index in [-0.39, 0.29) is 0 Å². The van der Waals surface area contributed by atoms with Crippen LogP contribution >= 0.6 is 0 Å². The van der Waals surface area contributed by atoms with Gasteiger partial charge in [-0.25, -0.2) is 0 Å². The first-order chi connectivity index (χ1) is 16.1. The highest BCUT2D eigenvalue weighted by molar-refractivity contribution is 5.77. The summed E-state index contributed by atoms with van der Waals surface area (Å²) < 4.78 is 6.20. The zero-order valence-corrected chi connectivity index (χ0v) is 20.3. The molecule has 0 saturated heterocycles. The lowest BCUT2D eigenvalue weighted by atomic mass is 9.97. The molecule has 0 fully saturated rings. The number of carbonyl (C=O) groups excluding carboxylic acids is 1. The van der Waals surface area contributed by atoms with Crippen molar-refractivity contribution in [3.63, 3.8) is 0 Å². The van der Waals surface area contributed by atoms with Gasteiger partial charge in [0.15, 0.2) is 0 Å². The molecule has 0 heterocycles. The summed E-state index contributed by atoms with van der Waals surface area (Å²) in [6, 6.07) is 23.4. The third-order valence-electron chi connectivity index (χ3n) is 6.19. The van der Waals surface area contributed by atoms with E-state index in [1.807, 2.05) is 13.0 Å². The van der Waals surface area contributed by atoms with Gasteiger partial charge >= 0.3 is 0 Å². The van der Waals surface area contributed by atoms with E-state index in [4.69, 9.17) is 4.74 Å². The molecule has 3 nitrogen and oxygen atoms in total. The number of hydrogen-bond donors (Lipinski definition) is 1. The fraction of sp³-hybridized carbons (Fsp3) is 0.367. The maximum absolute atomic E-state index is 11.3. The first-order valence-corrected chi connectivity index (χ1v) is 12.2. The van der Waals surface area contributed by atoms with E-state index in [9.17, 15) is 4.79 Å². The monoisotopic (exact) mass is 443 g/mol. The maximum Gasteiger partial charge on any atom is 0.132 e. The molecule has 3 heteroatoms. The minimum Gasteiger partial charge on any atom is -0.489 e. The molecule has 0 bridgehead atoms. The van der Waals surface area contributed by atoms with Gasteiger partial charge < -0.3 is 10.1 Å². The number of Topliss-reactive ketones (excluding diaryl/α,β-unsaturated/α-hetero) is 1. The van der Waals surface area contributed by atoms with Crippen molar-refractivity contribution in [1.82, 2.24) is 5.32 Å². The van der Waals surface area contributed by atoms with E-state index in [0.29, 0.717) is 18.8 Å². The van der Waals surface area contributed by atoms with Crippen LogP contribution in [0.15, 0.2) is 66.7 Å². The first-order valence-electron chi connectivity index (χ1n) is 12.2. The van der Waals surface area contributed by atoms with Gasteiger partial charge in [-0.15, -0.1) is 0 Å². The molecule has 0 atom stereocenters.